The van der Waals surface area contributed by atoms with Crippen LogP contribution in [-0.4, -0.2) is 9.67 Å². The van der Waals surface area contributed by atoms with E-state index < -0.39 is 5.60 Å². The quantitative estimate of drug-likeness (QED) is 0.556. The van der Waals surface area contributed by atoms with Gasteiger partial charge in [-0.05, 0) is 18.6 Å². The van der Waals surface area contributed by atoms with E-state index in [4.69, 9.17) is 0 Å². The van der Waals surface area contributed by atoms with Gasteiger partial charge in [0.05, 0.1) is 0 Å². The van der Waals surface area contributed by atoms with Crippen LogP contribution in [0.25, 0.3) is 0 Å². The standard InChI is InChI=1S/C8H9NO/c10-8-4-6(8)5-9-3-1-2-7(8)9/h1-3,6,10H,4-5H2. The Morgan fingerprint density at radius 1 is 1.70 bits per heavy atom. The lowest BCUT2D eigenvalue weighted by Gasteiger charge is -2.03. The summed E-state index contributed by atoms with van der Waals surface area (Å²) in [4.78, 5) is 0. The number of rotatable bonds is 0. The second-order valence-electron chi connectivity index (χ2n) is 3.37. The predicted molar refractivity (Wildman–Crippen MR) is 36.4 cm³/mol. The minimum Gasteiger partial charge on any atom is -0.383 e. The first-order chi connectivity index (χ1) is 4.81. The molecule has 0 saturated heterocycles. The van der Waals surface area contributed by atoms with Crippen molar-refractivity contribution in [1.29, 1.82) is 0 Å². The van der Waals surface area contributed by atoms with Crippen molar-refractivity contribution in [3.63, 3.8) is 0 Å². The second kappa shape index (κ2) is 1.17. The van der Waals surface area contributed by atoms with Crippen LogP contribution in [0.15, 0.2) is 18.3 Å². The van der Waals surface area contributed by atoms with Gasteiger partial charge in [-0.1, -0.05) is 0 Å². The normalized spacial score (nSPS) is 41.1. The van der Waals surface area contributed by atoms with Crippen molar-refractivity contribution in [1.82, 2.24) is 4.57 Å². The van der Waals surface area contributed by atoms with Crippen molar-refractivity contribution in [2.24, 2.45) is 5.92 Å². The molecule has 52 valence electrons. The van der Waals surface area contributed by atoms with Crippen LogP contribution in [-0.2, 0) is 12.1 Å². The van der Waals surface area contributed by atoms with Crippen LogP contribution in [0.2, 0.25) is 0 Å². The molecule has 3 rings (SSSR count). The Balaban J connectivity index is 2.26. The fourth-order valence-electron chi connectivity index (χ4n) is 2.05. The minimum absolute atomic E-state index is 0.413. The summed E-state index contributed by atoms with van der Waals surface area (Å²) in [6.07, 6.45) is 3.02. The highest BCUT2D eigenvalue weighted by molar-refractivity contribution is 5.29. The predicted octanol–water partition coefficient (Wildman–Crippen LogP) is 0.709. The maximum atomic E-state index is 9.79. The third kappa shape index (κ3) is 0.353. The summed E-state index contributed by atoms with van der Waals surface area (Å²) in [5.41, 5.74) is 0.709. The fraction of sp³-hybridized carbons (Fsp3) is 0.500. The molecule has 1 N–H and O–H groups in total. The Morgan fingerprint density at radius 3 is 3.40 bits per heavy atom. The molecule has 2 aliphatic rings. The van der Waals surface area contributed by atoms with Crippen LogP contribution in [0.1, 0.15) is 12.1 Å². The molecule has 1 saturated carbocycles. The molecular formula is C8H9NO. The van der Waals surface area contributed by atoms with E-state index in [0.29, 0.717) is 5.92 Å². The van der Waals surface area contributed by atoms with Gasteiger partial charge in [-0.15, -0.1) is 0 Å². The zero-order valence-electron chi connectivity index (χ0n) is 5.62. The van der Waals surface area contributed by atoms with E-state index in [0.717, 1.165) is 18.7 Å². The zero-order chi connectivity index (χ0) is 6.77. The Morgan fingerprint density at radius 2 is 2.60 bits per heavy atom. The smallest absolute Gasteiger partial charge is 0.110 e. The fourth-order valence-corrected chi connectivity index (χ4v) is 2.05. The topological polar surface area (TPSA) is 25.2 Å². The molecule has 10 heavy (non-hydrogen) atoms. The van der Waals surface area contributed by atoms with E-state index >= 15 is 0 Å². The number of aliphatic hydroxyl groups is 1. The van der Waals surface area contributed by atoms with E-state index in [2.05, 4.69) is 4.57 Å². The van der Waals surface area contributed by atoms with E-state index in [1.807, 2.05) is 18.3 Å². The van der Waals surface area contributed by atoms with Crippen molar-refractivity contribution in [3.05, 3.63) is 24.0 Å². The number of hydrogen-bond acceptors (Lipinski definition) is 1. The van der Waals surface area contributed by atoms with Crippen LogP contribution < -0.4 is 0 Å². The molecule has 2 unspecified atom stereocenters. The van der Waals surface area contributed by atoms with Crippen LogP contribution in [0.3, 0.4) is 0 Å². The Hall–Kier alpha value is -0.760. The van der Waals surface area contributed by atoms with Gasteiger partial charge in [0, 0.05) is 24.4 Å². The minimum atomic E-state index is -0.413. The molecule has 2 heteroatoms. The van der Waals surface area contributed by atoms with Gasteiger partial charge >= 0.3 is 0 Å². The number of hydrogen-bond donors (Lipinski definition) is 1. The summed E-state index contributed by atoms with van der Waals surface area (Å²) in [5, 5.41) is 9.79. The molecule has 0 spiro atoms. The van der Waals surface area contributed by atoms with Crippen molar-refractivity contribution in [2.75, 3.05) is 0 Å². The first-order valence-corrected chi connectivity index (χ1v) is 3.69. The first kappa shape index (κ1) is 4.97. The van der Waals surface area contributed by atoms with Crippen molar-refractivity contribution in [3.8, 4) is 0 Å². The Labute approximate surface area is 59.1 Å². The van der Waals surface area contributed by atoms with E-state index in [1.165, 1.54) is 0 Å². The van der Waals surface area contributed by atoms with Crippen LogP contribution in [0, 0.1) is 5.92 Å². The van der Waals surface area contributed by atoms with E-state index in [9.17, 15) is 5.11 Å². The largest absolute Gasteiger partial charge is 0.383 e. The Bertz CT molecular complexity index is 291. The van der Waals surface area contributed by atoms with Crippen molar-refractivity contribution >= 4 is 0 Å². The summed E-state index contributed by atoms with van der Waals surface area (Å²) in [6.45, 7) is 1.03. The number of nitrogens with zero attached hydrogens (tertiary/aromatic N) is 1. The van der Waals surface area contributed by atoms with E-state index in [-0.39, 0.29) is 0 Å². The molecule has 2 atom stereocenters. The monoisotopic (exact) mass is 135 g/mol. The summed E-state index contributed by atoms with van der Waals surface area (Å²) < 4.78 is 2.15. The number of aromatic nitrogens is 1. The average molecular weight is 135 g/mol. The molecule has 1 aromatic rings. The maximum absolute atomic E-state index is 9.79. The molecule has 0 amide bonds. The summed E-state index contributed by atoms with van der Waals surface area (Å²) >= 11 is 0. The van der Waals surface area contributed by atoms with Gasteiger partial charge < -0.3 is 9.67 Å². The second-order valence-corrected chi connectivity index (χ2v) is 3.37. The first-order valence-electron chi connectivity index (χ1n) is 3.69. The maximum Gasteiger partial charge on any atom is 0.110 e. The average Bonchev–Trinajstić information content (AvgIpc) is 2.35. The molecule has 1 aliphatic heterocycles. The SMILES string of the molecule is OC12CC1Cn1cccc12. The molecular weight excluding hydrogens is 126 g/mol. The lowest BCUT2D eigenvalue weighted by molar-refractivity contribution is 0.140. The highest BCUT2D eigenvalue weighted by atomic mass is 16.3. The highest BCUT2D eigenvalue weighted by Crippen LogP contribution is 2.57. The van der Waals surface area contributed by atoms with E-state index in [1.54, 1.807) is 0 Å². The lowest BCUT2D eigenvalue weighted by Crippen LogP contribution is -2.04. The van der Waals surface area contributed by atoms with Crippen LogP contribution >= 0.6 is 0 Å². The molecule has 0 aromatic carbocycles. The molecule has 1 aromatic heterocycles. The molecule has 2 nitrogen and oxygen atoms in total. The third-order valence-electron chi connectivity index (χ3n) is 2.76. The van der Waals surface area contributed by atoms with Gasteiger partial charge in [0.15, 0.2) is 0 Å². The summed E-state index contributed by atoms with van der Waals surface area (Å²) in [5.74, 6) is 0.531. The molecule has 0 bridgehead atoms. The van der Waals surface area contributed by atoms with Gasteiger partial charge in [-0.2, -0.15) is 0 Å². The van der Waals surface area contributed by atoms with Gasteiger partial charge in [-0.25, -0.2) is 0 Å². The van der Waals surface area contributed by atoms with Gasteiger partial charge in [0.2, 0.25) is 0 Å². The summed E-state index contributed by atoms with van der Waals surface area (Å²) in [7, 11) is 0. The Kier molecular flexibility index (Phi) is 0.579. The van der Waals surface area contributed by atoms with Crippen molar-refractivity contribution < 1.29 is 5.11 Å². The molecule has 1 fully saturated rings. The lowest BCUT2D eigenvalue weighted by atomic mass is 10.2. The van der Waals surface area contributed by atoms with Gasteiger partial charge in [-0.3, -0.25) is 0 Å². The zero-order valence-corrected chi connectivity index (χ0v) is 5.62. The van der Waals surface area contributed by atoms with Crippen LogP contribution in [0.4, 0.5) is 0 Å². The third-order valence-corrected chi connectivity index (χ3v) is 2.76. The molecule has 0 radical (unpaired) electrons. The van der Waals surface area contributed by atoms with Gasteiger partial charge in [0.1, 0.15) is 5.60 Å². The van der Waals surface area contributed by atoms with Crippen molar-refractivity contribution in [2.45, 2.75) is 18.6 Å². The summed E-state index contributed by atoms with van der Waals surface area (Å²) in [6, 6.07) is 4.02. The molecule has 1 aliphatic carbocycles. The molecule has 2 heterocycles. The van der Waals surface area contributed by atoms with Crippen LogP contribution in [0.5, 0.6) is 0 Å². The van der Waals surface area contributed by atoms with Gasteiger partial charge in [0.25, 0.3) is 0 Å². The number of fused-ring (bicyclic) bond motifs is 3. The highest BCUT2D eigenvalue weighted by Gasteiger charge is 2.59.